The first kappa shape index (κ1) is 19.2. The molecule has 2 aromatic carbocycles. The summed E-state index contributed by atoms with van der Waals surface area (Å²) >= 11 is 6.35. The summed E-state index contributed by atoms with van der Waals surface area (Å²) in [5.74, 6) is -0.289. The smallest absolute Gasteiger partial charge is 0.290 e. The Hall–Kier alpha value is -2.79. The van der Waals surface area contributed by atoms with Crippen molar-refractivity contribution < 1.29 is 19.4 Å². The summed E-state index contributed by atoms with van der Waals surface area (Å²) in [6.07, 6.45) is 1.74. The Kier molecular flexibility index (Phi) is 4.78. The van der Waals surface area contributed by atoms with Gasteiger partial charge in [0, 0.05) is 11.9 Å². The first-order valence-corrected chi connectivity index (χ1v) is 10.7. The van der Waals surface area contributed by atoms with Crippen molar-refractivity contribution in [2.75, 3.05) is 0 Å². The maximum Gasteiger partial charge on any atom is 0.290 e. The number of ether oxygens (including phenoxy) is 1. The van der Waals surface area contributed by atoms with E-state index < -0.39 is 6.04 Å². The first-order valence-electron chi connectivity index (χ1n) is 10.3. The van der Waals surface area contributed by atoms with Crippen molar-refractivity contribution in [1.29, 1.82) is 0 Å². The van der Waals surface area contributed by atoms with Crippen molar-refractivity contribution >= 4 is 23.3 Å². The zero-order chi connectivity index (χ0) is 20.8. The second kappa shape index (κ2) is 7.47. The van der Waals surface area contributed by atoms with Gasteiger partial charge in [-0.2, -0.15) is 0 Å². The van der Waals surface area contributed by atoms with Crippen LogP contribution in [0.5, 0.6) is 5.75 Å². The van der Waals surface area contributed by atoms with Gasteiger partial charge in [0.1, 0.15) is 11.9 Å². The molecule has 1 aliphatic carbocycles. The number of fused-ring (bicyclic) bond motifs is 1. The Labute approximate surface area is 179 Å². The number of rotatable bonds is 3. The minimum absolute atomic E-state index is 0.0337. The number of benzene rings is 2. The lowest BCUT2D eigenvalue weighted by Crippen LogP contribution is -2.41. The van der Waals surface area contributed by atoms with Gasteiger partial charge in [-0.1, -0.05) is 42.5 Å². The third kappa shape index (κ3) is 3.18. The van der Waals surface area contributed by atoms with E-state index in [1.54, 1.807) is 29.2 Å². The molecule has 1 N–H and O–H groups in total. The predicted octanol–water partition coefficient (Wildman–Crippen LogP) is 4.11. The van der Waals surface area contributed by atoms with Gasteiger partial charge in [0.25, 0.3) is 5.91 Å². The normalized spacial score (nSPS) is 28.2. The van der Waals surface area contributed by atoms with Gasteiger partial charge >= 0.3 is 0 Å². The fraction of sp³-hybridized carbons (Fsp3) is 0.333. The maximum absolute atomic E-state index is 13.6. The van der Waals surface area contributed by atoms with Gasteiger partial charge in [0.15, 0.2) is 11.5 Å². The van der Waals surface area contributed by atoms with Crippen molar-refractivity contribution in [3.8, 4) is 5.75 Å². The summed E-state index contributed by atoms with van der Waals surface area (Å²) in [6.45, 7) is 0.363. The van der Waals surface area contributed by atoms with Crippen molar-refractivity contribution in [2.45, 2.75) is 43.3 Å². The monoisotopic (exact) mass is 423 g/mol. The molecule has 0 radical (unpaired) electrons. The molecule has 4 unspecified atom stereocenters. The second-order valence-electron chi connectivity index (χ2n) is 8.19. The van der Waals surface area contributed by atoms with E-state index in [-0.39, 0.29) is 40.6 Å². The van der Waals surface area contributed by atoms with Crippen LogP contribution in [0.2, 0.25) is 0 Å². The summed E-state index contributed by atoms with van der Waals surface area (Å²) in [7, 11) is 0. The highest BCUT2D eigenvalue weighted by Crippen LogP contribution is 2.47. The van der Waals surface area contributed by atoms with Crippen molar-refractivity contribution in [1.82, 2.24) is 4.90 Å². The zero-order valence-electron chi connectivity index (χ0n) is 16.3. The van der Waals surface area contributed by atoms with Crippen molar-refractivity contribution in [3.05, 3.63) is 77.1 Å². The quantitative estimate of drug-likeness (QED) is 0.754. The molecule has 1 fully saturated rings. The van der Waals surface area contributed by atoms with E-state index in [1.807, 2.05) is 30.3 Å². The first-order chi connectivity index (χ1) is 14.5. The van der Waals surface area contributed by atoms with E-state index >= 15 is 0 Å². The molecular weight excluding hydrogens is 402 g/mol. The van der Waals surface area contributed by atoms with Crippen molar-refractivity contribution in [3.63, 3.8) is 0 Å². The fourth-order valence-electron chi connectivity index (χ4n) is 4.81. The second-order valence-corrected chi connectivity index (χ2v) is 8.81. The van der Waals surface area contributed by atoms with E-state index in [9.17, 15) is 14.7 Å². The molecule has 0 saturated heterocycles. The summed E-state index contributed by atoms with van der Waals surface area (Å²) < 4.78 is 6.15. The number of carbonyl (C=O) groups is 2. The molecule has 2 aromatic rings. The predicted molar refractivity (Wildman–Crippen MR) is 112 cm³/mol. The van der Waals surface area contributed by atoms with Crippen LogP contribution in [0.3, 0.4) is 0 Å². The number of phenolic OH excluding ortho intramolecular Hbond substituents is 1. The van der Waals surface area contributed by atoms with Crippen LogP contribution in [0, 0.1) is 5.92 Å². The highest BCUT2D eigenvalue weighted by molar-refractivity contribution is 6.21. The summed E-state index contributed by atoms with van der Waals surface area (Å²) in [4.78, 5) is 28.6. The fourth-order valence-corrected chi connectivity index (χ4v) is 5.13. The number of hydrogen-bond donors (Lipinski definition) is 1. The highest BCUT2D eigenvalue weighted by Gasteiger charge is 2.52. The molecule has 5 rings (SSSR count). The van der Waals surface area contributed by atoms with Crippen LogP contribution in [0.1, 0.15) is 36.4 Å². The van der Waals surface area contributed by atoms with E-state index in [4.69, 9.17) is 16.3 Å². The highest BCUT2D eigenvalue weighted by atomic mass is 35.5. The maximum atomic E-state index is 13.6. The number of aromatic hydroxyl groups is 1. The molecule has 4 atom stereocenters. The SMILES string of the molecule is O=C1C2=C(OC3CCC(Cl)CC13)C(=O)N(Cc1ccccc1)C2c1ccc(O)cc1. The number of alkyl halides is 1. The minimum atomic E-state index is -0.544. The molecule has 0 spiro atoms. The number of ketones is 1. The molecule has 3 aliphatic rings. The lowest BCUT2D eigenvalue weighted by molar-refractivity contribution is -0.135. The number of phenols is 1. The number of Topliss-reactive ketones (excluding diaryl/α,β-unsaturated/α-hetero) is 1. The minimum Gasteiger partial charge on any atom is -0.508 e. The Bertz CT molecular complexity index is 1020. The van der Waals surface area contributed by atoms with Gasteiger partial charge in [0.2, 0.25) is 0 Å². The van der Waals surface area contributed by atoms with Gasteiger partial charge in [-0.15, -0.1) is 11.6 Å². The molecule has 1 saturated carbocycles. The average Bonchev–Trinajstić information content (AvgIpc) is 3.02. The summed E-state index contributed by atoms with van der Waals surface area (Å²) in [5, 5.41) is 9.67. The number of amides is 1. The van der Waals surface area contributed by atoms with Gasteiger partial charge in [-0.05, 0) is 42.5 Å². The topological polar surface area (TPSA) is 66.8 Å². The number of nitrogens with zero attached hydrogens (tertiary/aromatic N) is 1. The van der Waals surface area contributed by atoms with Gasteiger partial charge in [-0.3, -0.25) is 9.59 Å². The van der Waals surface area contributed by atoms with Gasteiger partial charge in [-0.25, -0.2) is 0 Å². The molecule has 6 heteroatoms. The van der Waals surface area contributed by atoms with E-state index in [2.05, 4.69) is 0 Å². The summed E-state index contributed by atoms with van der Waals surface area (Å²) in [6, 6.07) is 15.8. The van der Waals surface area contributed by atoms with Gasteiger partial charge < -0.3 is 14.7 Å². The number of hydrogen-bond acceptors (Lipinski definition) is 4. The third-order valence-electron chi connectivity index (χ3n) is 6.28. The molecule has 2 heterocycles. The standard InChI is InChI=1S/C24H22ClNO4/c25-16-8-11-19-18(12-16)22(28)20-21(15-6-9-17(27)10-7-15)26(24(29)23(20)30-19)13-14-4-2-1-3-5-14/h1-7,9-10,16,18-19,21,27H,8,11-13H2. The zero-order valence-corrected chi connectivity index (χ0v) is 17.1. The number of halogens is 1. The Morgan fingerprint density at radius 3 is 2.50 bits per heavy atom. The van der Waals surface area contributed by atoms with Crippen LogP contribution in [0.15, 0.2) is 65.9 Å². The van der Waals surface area contributed by atoms with Crippen LogP contribution >= 0.6 is 11.6 Å². The number of carbonyl (C=O) groups excluding carboxylic acids is 2. The van der Waals surface area contributed by atoms with E-state index in [0.717, 1.165) is 17.5 Å². The van der Waals surface area contributed by atoms with Crippen molar-refractivity contribution in [2.24, 2.45) is 5.92 Å². The van der Waals surface area contributed by atoms with Crippen LogP contribution in [-0.4, -0.2) is 33.2 Å². The average molecular weight is 424 g/mol. The molecule has 1 amide bonds. The molecule has 154 valence electrons. The largest absolute Gasteiger partial charge is 0.508 e. The van der Waals surface area contributed by atoms with E-state index in [0.29, 0.717) is 25.0 Å². The third-order valence-corrected chi connectivity index (χ3v) is 6.68. The van der Waals surface area contributed by atoms with Crippen LogP contribution < -0.4 is 0 Å². The lowest BCUT2D eigenvalue weighted by atomic mass is 9.77. The van der Waals surface area contributed by atoms with Gasteiger partial charge in [0.05, 0.1) is 17.5 Å². The van der Waals surface area contributed by atoms with Crippen LogP contribution in [-0.2, 0) is 20.9 Å². The summed E-state index contributed by atoms with van der Waals surface area (Å²) in [5.41, 5.74) is 2.17. The lowest BCUT2D eigenvalue weighted by Gasteiger charge is -2.37. The molecule has 5 nitrogen and oxygen atoms in total. The van der Waals surface area contributed by atoms with Crippen LogP contribution in [0.25, 0.3) is 0 Å². The molecule has 30 heavy (non-hydrogen) atoms. The Morgan fingerprint density at radius 1 is 1.03 bits per heavy atom. The van der Waals surface area contributed by atoms with Crippen LogP contribution in [0.4, 0.5) is 0 Å². The molecule has 2 aliphatic heterocycles. The molecular formula is C24H22ClNO4. The Balaban J connectivity index is 1.58. The molecule has 0 bridgehead atoms. The Morgan fingerprint density at radius 2 is 1.77 bits per heavy atom. The van der Waals surface area contributed by atoms with E-state index in [1.165, 1.54) is 0 Å². The molecule has 0 aromatic heterocycles.